The normalized spacial score (nSPS) is 16.9. The summed E-state index contributed by atoms with van der Waals surface area (Å²) in [6, 6.07) is 0. The van der Waals surface area contributed by atoms with Crippen molar-refractivity contribution >= 4 is 5.69 Å². The van der Waals surface area contributed by atoms with Crippen molar-refractivity contribution in [3.63, 3.8) is 0 Å². The van der Waals surface area contributed by atoms with Gasteiger partial charge in [-0.1, -0.05) is 27.7 Å². The summed E-state index contributed by atoms with van der Waals surface area (Å²) >= 11 is 0. The summed E-state index contributed by atoms with van der Waals surface area (Å²) in [5.74, 6) is 0.863. The van der Waals surface area contributed by atoms with E-state index in [2.05, 4.69) is 24.3 Å². The van der Waals surface area contributed by atoms with Crippen LogP contribution in [0.4, 0.5) is 5.69 Å². The van der Waals surface area contributed by atoms with Crippen LogP contribution in [-0.2, 0) is 6.54 Å². The molecule has 0 aliphatic carbocycles. The first-order valence-electron chi connectivity index (χ1n) is 5.49. The lowest BCUT2D eigenvalue weighted by atomic mass is 9.94. The van der Waals surface area contributed by atoms with Crippen LogP contribution < -0.4 is 10.1 Å². The molecule has 0 amide bonds. The van der Waals surface area contributed by atoms with Crippen molar-refractivity contribution in [2.24, 2.45) is 5.41 Å². The average molecular weight is 211 g/mol. The Labute approximate surface area is 91.6 Å². The number of fused-ring (bicyclic) bond motifs is 1. The van der Waals surface area contributed by atoms with Crippen LogP contribution in [0.2, 0.25) is 0 Å². The van der Waals surface area contributed by atoms with Crippen LogP contribution in [0.5, 0.6) is 5.88 Å². The van der Waals surface area contributed by atoms with Gasteiger partial charge in [0, 0.05) is 12.5 Å². The number of anilines is 1. The first-order valence-corrected chi connectivity index (χ1v) is 5.49. The van der Waals surface area contributed by atoms with E-state index in [4.69, 9.17) is 4.74 Å². The van der Waals surface area contributed by atoms with Gasteiger partial charge in [0.2, 0.25) is 5.88 Å². The predicted octanol–water partition coefficient (Wildman–Crippen LogP) is 2.37. The molecule has 1 aromatic rings. The highest BCUT2D eigenvalue weighted by molar-refractivity contribution is 5.51. The zero-order chi connectivity index (χ0) is 11.5. The molecule has 0 saturated carbocycles. The molecule has 1 aromatic heterocycles. The number of hydrogen-bond acceptors (Lipinski definition) is 3. The van der Waals surface area contributed by atoms with E-state index in [0.29, 0.717) is 0 Å². The molecule has 4 nitrogen and oxygen atoms in total. The van der Waals surface area contributed by atoms with Crippen LogP contribution in [0.15, 0.2) is 6.20 Å². The van der Waals surface area contributed by atoms with Crippen molar-refractivity contribution in [2.45, 2.75) is 34.2 Å². The lowest BCUT2D eigenvalue weighted by Gasteiger charge is -2.30. The van der Waals surface area contributed by atoms with Gasteiger partial charge in [0.1, 0.15) is 5.69 Å². The molecular weight excluding hydrogens is 190 g/mol. The molecule has 2 heterocycles. The van der Waals surface area contributed by atoms with Crippen LogP contribution in [0.25, 0.3) is 0 Å². The first-order chi connectivity index (χ1) is 7.12. The van der Waals surface area contributed by atoms with Gasteiger partial charge in [-0.05, 0) is 0 Å². The maximum absolute atomic E-state index is 5.64. The summed E-state index contributed by atoms with van der Waals surface area (Å²) in [4.78, 5) is 0. The number of ether oxygens (including phenoxy) is 1. The summed E-state index contributed by atoms with van der Waals surface area (Å²) in [5.41, 5.74) is 1.15. The number of nitrogens with one attached hydrogen (secondary N) is 1. The van der Waals surface area contributed by atoms with E-state index in [9.17, 15) is 0 Å². The molecule has 0 aromatic carbocycles. The molecule has 0 spiro atoms. The Kier molecular flexibility index (Phi) is 3.61. The average Bonchev–Trinajstić information content (AvgIpc) is 2.61. The highest BCUT2D eigenvalue weighted by Crippen LogP contribution is 2.33. The van der Waals surface area contributed by atoms with Gasteiger partial charge in [-0.2, -0.15) is 5.10 Å². The molecule has 86 valence electrons. The number of aromatic nitrogens is 2. The fourth-order valence-corrected chi connectivity index (χ4v) is 1.53. The minimum absolute atomic E-state index is 0.185. The fourth-order valence-electron chi connectivity index (χ4n) is 1.53. The van der Waals surface area contributed by atoms with Crippen molar-refractivity contribution in [3.05, 3.63) is 6.20 Å². The Hall–Kier alpha value is -1.19. The van der Waals surface area contributed by atoms with Crippen molar-refractivity contribution in [2.75, 3.05) is 19.0 Å². The Morgan fingerprint density at radius 3 is 2.73 bits per heavy atom. The van der Waals surface area contributed by atoms with Crippen molar-refractivity contribution in [3.8, 4) is 5.88 Å². The molecule has 1 N–H and O–H groups in total. The summed E-state index contributed by atoms with van der Waals surface area (Å²) in [6.07, 6.45) is 1.80. The lowest BCUT2D eigenvalue weighted by molar-refractivity contribution is 0.101. The lowest BCUT2D eigenvalue weighted by Crippen LogP contribution is -2.33. The molecule has 2 rings (SSSR count). The van der Waals surface area contributed by atoms with Gasteiger partial charge in [0.25, 0.3) is 0 Å². The molecule has 0 unspecified atom stereocenters. The number of hydrogen-bond donors (Lipinski definition) is 1. The van der Waals surface area contributed by atoms with Gasteiger partial charge in [-0.25, -0.2) is 4.68 Å². The second kappa shape index (κ2) is 4.55. The van der Waals surface area contributed by atoms with Crippen LogP contribution >= 0.6 is 0 Å². The second-order valence-electron chi connectivity index (χ2n) is 4.22. The third kappa shape index (κ3) is 2.43. The topological polar surface area (TPSA) is 39.1 Å². The van der Waals surface area contributed by atoms with E-state index in [-0.39, 0.29) is 5.41 Å². The van der Waals surface area contributed by atoms with Gasteiger partial charge in [0.15, 0.2) is 0 Å². The number of rotatable bonds is 1. The molecule has 0 radical (unpaired) electrons. The monoisotopic (exact) mass is 211 g/mol. The van der Waals surface area contributed by atoms with Crippen molar-refractivity contribution < 1.29 is 4.74 Å². The fraction of sp³-hybridized carbons (Fsp3) is 0.727. The summed E-state index contributed by atoms with van der Waals surface area (Å²) < 4.78 is 7.55. The minimum atomic E-state index is 0.185. The predicted molar refractivity (Wildman–Crippen MR) is 62.4 cm³/mol. The standard InChI is InChI=1S/C9H15N3O.C2H6/c1-9(2)5-12-8(13-6-9)7(10-3)4-11-12;1-2/h4,10H,5-6H2,1-3H3;1-2H3. The third-order valence-electron chi connectivity index (χ3n) is 2.24. The molecule has 0 saturated heterocycles. The highest BCUT2D eigenvalue weighted by atomic mass is 16.5. The van der Waals surface area contributed by atoms with E-state index in [1.807, 2.05) is 25.6 Å². The van der Waals surface area contributed by atoms with Gasteiger partial charge in [-0.15, -0.1) is 0 Å². The van der Waals surface area contributed by atoms with Crippen LogP contribution in [0, 0.1) is 5.41 Å². The van der Waals surface area contributed by atoms with E-state index in [1.165, 1.54) is 0 Å². The summed E-state index contributed by atoms with van der Waals surface area (Å²) in [7, 11) is 1.88. The van der Waals surface area contributed by atoms with Crippen molar-refractivity contribution in [1.29, 1.82) is 0 Å². The maximum Gasteiger partial charge on any atom is 0.235 e. The Balaban J connectivity index is 0.000000531. The zero-order valence-corrected chi connectivity index (χ0v) is 10.3. The van der Waals surface area contributed by atoms with Gasteiger partial charge >= 0.3 is 0 Å². The van der Waals surface area contributed by atoms with Crippen LogP contribution in [-0.4, -0.2) is 23.4 Å². The smallest absolute Gasteiger partial charge is 0.235 e. The van der Waals surface area contributed by atoms with E-state index in [1.54, 1.807) is 6.20 Å². The van der Waals surface area contributed by atoms with Crippen molar-refractivity contribution in [1.82, 2.24) is 9.78 Å². The Bertz CT molecular complexity index is 318. The SMILES string of the molecule is CC.CNc1cnn2c1OCC(C)(C)C2. The molecule has 1 aliphatic rings. The zero-order valence-electron chi connectivity index (χ0n) is 10.3. The van der Waals surface area contributed by atoms with E-state index < -0.39 is 0 Å². The van der Waals surface area contributed by atoms with Gasteiger partial charge in [0.05, 0.1) is 19.3 Å². The highest BCUT2D eigenvalue weighted by Gasteiger charge is 2.28. The summed E-state index contributed by atoms with van der Waals surface area (Å²) in [6.45, 7) is 10.0. The molecular formula is C11H21N3O. The molecule has 15 heavy (non-hydrogen) atoms. The summed E-state index contributed by atoms with van der Waals surface area (Å²) in [5, 5.41) is 7.31. The second-order valence-corrected chi connectivity index (χ2v) is 4.22. The molecule has 1 aliphatic heterocycles. The largest absolute Gasteiger partial charge is 0.476 e. The Morgan fingerprint density at radius 1 is 1.47 bits per heavy atom. The maximum atomic E-state index is 5.64. The van der Waals surface area contributed by atoms with Crippen LogP contribution in [0.1, 0.15) is 27.7 Å². The number of nitrogens with zero attached hydrogens (tertiary/aromatic N) is 2. The molecule has 0 bridgehead atoms. The van der Waals surface area contributed by atoms with Gasteiger partial charge < -0.3 is 10.1 Å². The Morgan fingerprint density at radius 2 is 2.13 bits per heavy atom. The third-order valence-corrected chi connectivity index (χ3v) is 2.24. The first kappa shape index (κ1) is 11.9. The molecule has 0 atom stereocenters. The molecule has 4 heteroatoms. The molecule has 0 fully saturated rings. The minimum Gasteiger partial charge on any atom is -0.476 e. The van der Waals surface area contributed by atoms with E-state index >= 15 is 0 Å². The van der Waals surface area contributed by atoms with Gasteiger partial charge in [-0.3, -0.25) is 0 Å². The van der Waals surface area contributed by atoms with E-state index in [0.717, 1.165) is 24.7 Å². The van der Waals surface area contributed by atoms with Crippen LogP contribution in [0.3, 0.4) is 0 Å². The quantitative estimate of drug-likeness (QED) is 0.775.